The van der Waals surface area contributed by atoms with Crippen LogP contribution in [-0.4, -0.2) is 18.6 Å². The largest absolute Gasteiger partial charge is 0.492 e. The van der Waals surface area contributed by atoms with Gasteiger partial charge in [0.15, 0.2) is 0 Å². The van der Waals surface area contributed by atoms with Gasteiger partial charge in [0, 0.05) is 15.5 Å². The fourth-order valence-electron chi connectivity index (χ4n) is 1.82. The summed E-state index contributed by atoms with van der Waals surface area (Å²) >= 11 is 8.75. The summed E-state index contributed by atoms with van der Waals surface area (Å²) in [5.41, 5.74) is 1.09. The third-order valence-electron chi connectivity index (χ3n) is 2.62. The lowest BCUT2D eigenvalue weighted by atomic mass is 10.1. The Kier molecular flexibility index (Phi) is 5.38. The second-order valence-electron chi connectivity index (χ2n) is 3.88. The number of hydrogen-bond donors (Lipinski definition) is 1. The Morgan fingerprint density at radius 2 is 2.16 bits per heavy atom. The van der Waals surface area contributed by atoms with Crippen LogP contribution < -0.4 is 10.1 Å². The van der Waals surface area contributed by atoms with Crippen LogP contribution in [0.4, 0.5) is 0 Å². The molecule has 0 saturated heterocycles. The van der Waals surface area contributed by atoms with Gasteiger partial charge in [0.2, 0.25) is 0 Å². The molecule has 0 aliphatic heterocycles. The van der Waals surface area contributed by atoms with Crippen molar-refractivity contribution in [2.45, 2.75) is 13.0 Å². The van der Waals surface area contributed by atoms with Crippen molar-refractivity contribution >= 4 is 43.2 Å². The van der Waals surface area contributed by atoms with Crippen LogP contribution in [0.3, 0.4) is 0 Å². The van der Waals surface area contributed by atoms with Crippen molar-refractivity contribution in [1.29, 1.82) is 0 Å². The molecule has 0 radical (unpaired) electrons. The van der Waals surface area contributed by atoms with Gasteiger partial charge in [-0.3, -0.25) is 4.98 Å². The molecule has 2 heterocycles. The summed E-state index contributed by atoms with van der Waals surface area (Å²) in [7, 11) is 1.94. The van der Waals surface area contributed by atoms with Crippen LogP contribution in [0.2, 0.25) is 0 Å². The molecule has 0 bridgehead atoms. The zero-order valence-corrected chi connectivity index (χ0v) is 14.6. The first-order valence-corrected chi connectivity index (χ1v) is 8.25. The fourth-order valence-corrected chi connectivity index (χ4v) is 4.05. The second-order valence-corrected chi connectivity index (χ2v) is 7.14. The first-order chi connectivity index (χ1) is 9.15. The minimum Gasteiger partial charge on any atom is -0.492 e. The molecule has 0 fully saturated rings. The topological polar surface area (TPSA) is 34.1 Å². The lowest BCUT2D eigenvalue weighted by Gasteiger charge is -2.15. The van der Waals surface area contributed by atoms with Crippen LogP contribution in [-0.2, 0) is 0 Å². The molecule has 3 nitrogen and oxygen atoms in total. The molecule has 19 heavy (non-hydrogen) atoms. The minimum atomic E-state index is 0.112. The van der Waals surface area contributed by atoms with E-state index in [2.05, 4.69) is 48.2 Å². The summed E-state index contributed by atoms with van der Waals surface area (Å²) in [6, 6.07) is 4.25. The van der Waals surface area contributed by atoms with Crippen LogP contribution in [0.15, 0.2) is 32.8 Å². The highest BCUT2D eigenvalue weighted by Crippen LogP contribution is 2.37. The van der Waals surface area contributed by atoms with Crippen LogP contribution >= 0.6 is 43.2 Å². The maximum Gasteiger partial charge on any atom is 0.137 e. The molecular weight excluding hydrogens is 392 g/mol. The van der Waals surface area contributed by atoms with Crippen LogP contribution in [0.25, 0.3) is 0 Å². The van der Waals surface area contributed by atoms with Gasteiger partial charge in [-0.2, -0.15) is 0 Å². The third kappa shape index (κ3) is 3.56. The summed E-state index contributed by atoms with van der Waals surface area (Å²) in [6.45, 7) is 2.61. The van der Waals surface area contributed by atoms with Gasteiger partial charge in [-0.1, -0.05) is 0 Å². The highest BCUT2D eigenvalue weighted by molar-refractivity contribution is 9.13. The van der Waals surface area contributed by atoms with E-state index in [9.17, 15) is 0 Å². The van der Waals surface area contributed by atoms with Gasteiger partial charge in [-0.25, -0.2) is 0 Å². The normalized spacial score (nSPS) is 12.4. The summed E-state index contributed by atoms with van der Waals surface area (Å²) in [5, 5.41) is 3.32. The molecule has 0 amide bonds. The molecule has 0 spiro atoms. The first kappa shape index (κ1) is 15.0. The molecule has 2 rings (SSSR count). The van der Waals surface area contributed by atoms with Gasteiger partial charge in [0.05, 0.1) is 22.6 Å². The van der Waals surface area contributed by atoms with Crippen molar-refractivity contribution in [3.63, 3.8) is 0 Å². The molecule has 1 N–H and O–H groups in total. The number of nitrogens with one attached hydrogen (secondary N) is 1. The Morgan fingerprint density at radius 3 is 2.74 bits per heavy atom. The fraction of sp³-hybridized carbons (Fsp3) is 0.308. The van der Waals surface area contributed by atoms with E-state index in [1.807, 2.05) is 26.2 Å². The number of ether oxygens (including phenoxy) is 1. The van der Waals surface area contributed by atoms with E-state index in [0.29, 0.717) is 6.61 Å². The van der Waals surface area contributed by atoms with E-state index in [-0.39, 0.29) is 6.04 Å². The summed E-state index contributed by atoms with van der Waals surface area (Å²) < 4.78 is 7.67. The predicted molar refractivity (Wildman–Crippen MR) is 86.0 cm³/mol. The SMILES string of the molecule is CCOc1cncc(C(NC)c2cc(Br)c(Br)s2)c1. The van der Waals surface area contributed by atoms with E-state index >= 15 is 0 Å². The lowest BCUT2D eigenvalue weighted by Crippen LogP contribution is -2.16. The maximum absolute atomic E-state index is 5.50. The number of rotatable bonds is 5. The van der Waals surface area contributed by atoms with Crippen molar-refractivity contribution in [2.75, 3.05) is 13.7 Å². The number of aromatic nitrogens is 1. The monoisotopic (exact) mass is 404 g/mol. The lowest BCUT2D eigenvalue weighted by molar-refractivity contribution is 0.338. The molecular formula is C13H14Br2N2OS. The Balaban J connectivity index is 2.33. The molecule has 0 aromatic carbocycles. The Labute approximate surface area is 133 Å². The van der Waals surface area contributed by atoms with Gasteiger partial charge in [-0.15, -0.1) is 11.3 Å². The first-order valence-electron chi connectivity index (χ1n) is 5.85. The van der Waals surface area contributed by atoms with Crippen molar-refractivity contribution in [2.24, 2.45) is 0 Å². The smallest absolute Gasteiger partial charge is 0.137 e. The average molecular weight is 406 g/mol. The van der Waals surface area contributed by atoms with Crippen molar-refractivity contribution < 1.29 is 4.74 Å². The molecule has 102 valence electrons. The van der Waals surface area contributed by atoms with Crippen LogP contribution in [0, 0.1) is 0 Å². The highest BCUT2D eigenvalue weighted by atomic mass is 79.9. The molecule has 1 atom stereocenters. The zero-order chi connectivity index (χ0) is 13.8. The number of nitrogens with zero attached hydrogens (tertiary/aromatic N) is 1. The average Bonchev–Trinajstić information content (AvgIpc) is 2.71. The number of halogens is 2. The predicted octanol–water partition coefficient (Wildman–Crippen LogP) is 4.38. The summed E-state index contributed by atoms with van der Waals surface area (Å²) in [6.07, 6.45) is 3.60. The van der Waals surface area contributed by atoms with Crippen molar-refractivity contribution in [1.82, 2.24) is 10.3 Å². The number of thiophene rings is 1. The van der Waals surface area contributed by atoms with E-state index in [0.717, 1.165) is 19.6 Å². The number of pyridine rings is 1. The van der Waals surface area contributed by atoms with Gasteiger partial charge in [0.25, 0.3) is 0 Å². The minimum absolute atomic E-state index is 0.112. The number of hydrogen-bond acceptors (Lipinski definition) is 4. The molecule has 1 unspecified atom stereocenters. The Morgan fingerprint density at radius 1 is 1.37 bits per heavy atom. The van der Waals surface area contributed by atoms with Crippen molar-refractivity contribution in [3.05, 3.63) is 43.2 Å². The molecule has 2 aromatic heterocycles. The zero-order valence-electron chi connectivity index (χ0n) is 10.6. The van der Waals surface area contributed by atoms with Gasteiger partial charge in [0.1, 0.15) is 5.75 Å². The standard InChI is InChI=1S/C13H14Br2N2OS/c1-3-18-9-4-8(6-17-7-9)12(16-2)11-5-10(14)13(15)19-11/h4-7,12,16H,3H2,1-2H3. The van der Waals surface area contributed by atoms with E-state index in [4.69, 9.17) is 4.74 Å². The van der Waals surface area contributed by atoms with Crippen LogP contribution in [0.5, 0.6) is 5.75 Å². The van der Waals surface area contributed by atoms with Gasteiger partial charge in [-0.05, 0) is 63.5 Å². The second kappa shape index (κ2) is 6.83. The van der Waals surface area contributed by atoms with E-state index in [1.165, 1.54) is 4.88 Å². The molecule has 0 saturated carbocycles. The summed E-state index contributed by atoms with van der Waals surface area (Å²) in [5.74, 6) is 0.801. The third-order valence-corrected chi connectivity index (χ3v) is 5.94. The molecule has 6 heteroatoms. The van der Waals surface area contributed by atoms with Crippen LogP contribution in [0.1, 0.15) is 23.4 Å². The quantitative estimate of drug-likeness (QED) is 0.801. The molecule has 0 aliphatic rings. The van der Waals surface area contributed by atoms with Gasteiger partial charge >= 0.3 is 0 Å². The molecule has 2 aromatic rings. The van der Waals surface area contributed by atoms with E-state index < -0.39 is 0 Å². The molecule has 0 aliphatic carbocycles. The van der Waals surface area contributed by atoms with Crippen molar-refractivity contribution in [3.8, 4) is 5.75 Å². The summed E-state index contributed by atoms with van der Waals surface area (Å²) in [4.78, 5) is 5.46. The maximum atomic E-state index is 5.50. The highest BCUT2D eigenvalue weighted by Gasteiger charge is 2.17. The van der Waals surface area contributed by atoms with E-state index in [1.54, 1.807) is 17.5 Å². The Bertz CT molecular complexity index is 540. The van der Waals surface area contributed by atoms with Gasteiger partial charge < -0.3 is 10.1 Å². The Hall–Kier alpha value is -0.430.